The van der Waals surface area contributed by atoms with Crippen molar-refractivity contribution < 1.29 is 13.9 Å². The normalized spacial score (nSPS) is 14.6. The van der Waals surface area contributed by atoms with Crippen LogP contribution in [0, 0.1) is 11.7 Å². The number of ether oxygens (including phenoxy) is 1. The molecular weight excluding hydrogens is 517 g/mol. The van der Waals surface area contributed by atoms with Gasteiger partial charge in [0.15, 0.2) is 0 Å². The van der Waals surface area contributed by atoms with Crippen LogP contribution in [0.5, 0.6) is 5.75 Å². The SMILES string of the molecule is CC(C)CN1C(=O)C(=Cc2cn(-c3ccccc3)nc2-c2ccc(OCc3ccc(F)cc3)cc2)SC1=S. The molecule has 0 atom stereocenters. The van der Waals surface area contributed by atoms with E-state index in [4.69, 9.17) is 22.1 Å². The van der Waals surface area contributed by atoms with Crippen molar-refractivity contribution >= 4 is 40.3 Å². The zero-order valence-corrected chi connectivity index (χ0v) is 22.6. The molecule has 1 aromatic heterocycles. The average molecular weight is 544 g/mol. The quantitative estimate of drug-likeness (QED) is 0.175. The molecule has 1 saturated heterocycles. The van der Waals surface area contributed by atoms with E-state index >= 15 is 0 Å². The summed E-state index contributed by atoms with van der Waals surface area (Å²) in [5.74, 6) is 0.663. The molecule has 3 aromatic carbocycles. The first kappa shape index (κ1) is 25.9. The first-order valence-corrected chi connectivity index (χ1v) is 13.5. The lowest BCUT2D eigenvalue weighted by Gasteiger charge is -2.16. The maximum atomic E-state index is 13.2. The topological polar surface area (TPSA) is 47.4 Å². The van der Waals surface area contributed by atoms with E-state index < -0.39 is 0 Å². The number of hydrogen-bond acceptors (Lipinski definition) is 5. The van der Waals surface area contributed by atoms with E-state index in [0.717, 1.165) is 28.1 Å². The van der Waals surface area contributed by atoms with Crippen LogP contribution in [-0.2, 0) is 11.4 Å². The summed E-state index contributed by atoms with van der Waals surface area (Å²) in [6.07, 6.45) is 3.80. The van der Waals surface area contributed by atoms with Gasteiger partial charge in [-0.05, 0) is 66.1 Å². The van der Waals surface area contributed by atoms with Crippen LogP contribution in [-0.4, -0.2) is 31.5 Å². The molecule has 5 rings (SSSR count). The van der Waals surface area contributed by atoms with Crippen LogP contribution in [0.3, 0.4) is 0 Å². The Labute approximate surface area is 230 Å². The molecule has 0 unspecified atom stereocenters. The summed E-state index contributed by atoms with van der Waals surface area (Å²) in [4.78, 5) is 15.4. The Kier molecular flexibility index (Phi) is 7.72. The number of thiocarbonyl (C=S) groups is 1. The average Bonchev–Trinajstić information content (AvgIpc) is 3.45. The standard InChI is InChI=1S/C30H26FN3O2S2/c1-20(2)17-33-29(35)27(38-30(33)37)16-23-18-34(25-6-4-3-5-7-25)32-28(23)22-10-14-26(15-11-22)36-19-21-8-12-24(31)13-9-21/h3-16,18,20H,17,19H2,1-2H3. The van der Waals surface area contributed by atoms with E-state index in [0.29, 0.717) is 34.0 Å². The summed E-state index contributed by atoms with van der Waals surface area (Å²) < 4.78 is 21.4. The number of carbonyl (C=O) groups is 1. The van der Waals surface area contributed by atoms with Crippen LogP contribution >= 0.6 is 24.0 Å². The zero-order chi connectivity index (χ0) is 26.6. The molecule has 2 heterocycles. The Balaban J connectivity index is 1.44. The molecule has 1 aliphatic rings. The molecule has 0 saturated carbocycles. The fraction of sp³-hybridized carbons (Fsp3) is 0.167. The summed E-state index contributed by atoms with van der Waals surface area (Å²) in [7, 11) is 0. The van der Waals surface area contributed by atoms with E-state index in [1.54, 1.807) is 17.0 Å². The summed E-state index contributed by atoms with van der Waals surface area (Å²) in [5, 5.41) is 4.86. The second-order valence-corrected chi connectivity index (χ2v) is 11.0. The number of hydrogen-bond donors (Lipinski definition) is 0. The van der Waals surface area contributed by atoms with E-state index in [1.807, 2.05) is 71.6 Å². The Bertz CT molecular complexity index is 1480. The Morgan fingerprint density at radius 3 is 2.42 bits per heavy atom. The first-order valence-electron chi connectivity index (χ1n) is 12.3. The predicted octanol–water partition coefficient (Wildman–Crippen LogP) is 7.11. The number of nitrogens with zero attached hydrogens (tertiary/aromatic N) is 3. The van der Waals surface area contributed by atoms with Crippen molar-refractivity contribution in [3.8, 4) is 22.7 Å². The van der Waals surface area contributed by atoms with Gasteiger partial charge >= 0.3 is 0 Å². The van der Waals surface area contributed by atoms with Crippen LogP contribution in [0.4, 0.5) is 4.39 Å². The fourth-order valence-corrected chi connectivity index (χ4v) is 5.32. The number of rotatable bonds is 8. The Morgan fingerprint density at radius 2 is 1.74 bits per heavy atom. The minimum Gasteiger partial charge on any atom is -0.489 e. The zero-order valence-electron chi connectivity index (χ0n) is 21.0. The lowest BCUT2D eigenvalue weighted by atomic mass is 10.1. The lowest BCUT2D eigenvalue weighted by molar-refractivity contribution is -0.122. The van der Waals surface area contributed by atoms with Gasteiger partial charge in [0, 0.05) is 23.9 Å². The van der Waals surface area contributed by atoms with E-state index in [-0.39, 0.29) is 11.7 Å². The number of thioether (sulfide) groups is 1. The van der Waals surface area contributed by atoms with Gasteiger partial charge in [-0.1, -0.05) is 68.2 Å². The van der Waals surface area contributed by atoms with Crippen LogP contribution < -0.4 is 4.74 Å². The third kappa shape index (κ3) is 5.87. The highest BCUT2D eigenvalue weighted by Gasteiger charge is 2.32. The van der Waals surface area contributed by atoms with E-state index in [2.05, 4.69) is 13.8 Å². The third-order valence-electron chi connectivity index (χ3n) is 5.92. The molecule has 8 heteroatoms. The fourth-order valence-electron chi connectivity index (χ4n) is 4.05. The number of amides is 1. The summed E-state index contributed by atoms with van der Waals surface area (Å²) in [6, 6.07) is 23.7. The highest BCUT2D eigenvalue weighted by molar-refractivity contribution is 8.26. The minimum atomic E-state index is -0.272. The van der Waals surface area contributed by atoms with Crippen molar-refractivity contribution in [2.24, 2.45) is 5.92 Å². The molecule has 1 fully saturated rings. The first-order chi connectivity index (χ1) is 18.4. The van der Waals surface area contributed by atoms with Crippen molar-refractivity contribution in [1.82, 2.24) is 14.7 Å². The van der Waals surface area contributed by atoms with Crippen molar-refractivity contribution in [2.45, 2.75) is 20.5 Å². The molecule has 5 nitrogen and oxygen atoms in total. The number of para-hydroxylation sites is 1. The van der Waals surface area contributed by atoms with Gasteiger partial charge in [-0.2, -0.15) is 5.10 Å². The maximum Gasteiger partial charge on any atom is 0.266 e. The van der Waals surface area contributed by atoms with Crippen molar-refractivity contribution in [3.63, 3.8) is 0 Å². The Morgan fingerprint density at radius 1 is 1.03 bits per heavy atom. The summed E-state index contributed by atoms with van der Waals surface area (Å²) >= 11 is 6.82. The van der Waals surface area contributed by atoms with Gasteiger partial charge in [0.1, 0.15) is 22.5 Å². The molecule has 0 spiro atoms. The molecule has 0 bridgehead atoms. The second-order valence-electron chi connectivity index (χ2n) is 9.34. The summed E-state index contributed by atoms with van der Waals surface area (Å²) in [5.41, 5.74) is 4.25. The minimum absolute atomic E-state index is 0.0725. The van der Waals surface area contributed by atoms with Gasteiger partial charge in [0.2, 0.25) is 0 Å². The van der Waals surface area contributed by atoms with Crippen molar-refractivity contribution in [1.29, 1.82) is 0 Å². The molecule has 38 heavy (non-hydrogen) atoms. The lowest BCUT2D eigenvalue weighted by Crippen LogP contribution is -2.31. The molecule has 0 radical (unpaired) electrons. The third-order valence-corrected chi connectivity index (χ3v) is 7.30. The molecular formula is C30H26FN3O2S2. The highest BCUT2D eigenvalue weighted by atomic mass is 32.2. The van der Waals surface area contributed by atoms with Crippen LogP contribution in [0.15, 0.2) is 90.0 Å². The van der Waals surface area contributed by atoms with E-state index in [9.17, 15) is 9.18 Å². The second kappa shape index (κ2) is 11.3. The van der Waals surface area contributed by atoms with Gasteiger partial charge < -0.3 is 4.74 Å². The molecule has 0 aliphatic carbocycles. The smallest absolute Gasteiger partial charge is 0.266 e. The van der Waals surface area contributed by atoms with E-state index in [1.165, 1.54) is 23.9 Å². The van der Waals surface area contributed by atoms with Crippen LogP contribution in [0.1, 0.15) is 25.0 Å². The van der Waals surface area contributed by atoms with Gasteiger partial charge in [0.05, 0.1) is 16.3 Å². The van der Waals surface area contributed by atoms with Crippen LogP contribution in [0.25, 0.3) is 23.0 Å². The largest absolute Gasteiger partial charge is 0.489 e. The van der Waals surface area contributed by atoms with Gasteiger partial charge in [-0.25, -0.2) is 9.07 Å². The molecule has 0 N–H and O–H groups in total. The van der Waals surface area contributed by atoms with Crippen molar-refractivity contribution in [2.75, 3.05) is 6.54 Å². The predicted molar refractivity (Wildman–Crippen MR) is 154 cm³/mol. The van der Waals surface area contributed by atoms with Gasteiger partial charge in [-0.15, -0.1) is 0 Å². The molecule has 1 aliphatic heterocycles. The van der Waals surface area contributed by atoms with Gasteiger partial charge in [-0.3, -0.25) is 9.69 Å². The highest BCUT2D eigenvalue weighted by Crippen LogP contribution is 2.35. The van der Waals surface area contributed by atoms with Crippen LogP contribution in [0.2, 0.25) is 0 Å². The number of carbonyl (C=O) groups excluding carboxylic acids is 1. The molecule has 1 amide bonds. The molecule has 4 aromatic rings. The Hall–Kier alpha value is -3.75. The number of benzene rings is 3. The summed E-state index contributed by atoms with van der Waals surface area (Å²) in [6.45, 7) is 5.07. The maximum absolute atomic E-state index is 13.2. The van der Waals surface area contributed by atoms with Crippen molar-refractivity contribution in [3.05, 3.63) is 107 Å². The number of halogens is 1. The molecule has 192 valence electrons. The number of aromatic nitrogens is 2. The van der Waals surface area contributed by atoms with Gasteiger partial charge in [0.25, 0.3) is 5.91 Å². The monoisotopic (exact) mass is 543 g/mol.